The van der Waals surface area contributed by atoms with E-state index < -0.39 is 13.3 Å². The Balaban J connectivity index is 0.000000217. The van der Waals surface area contributed by atoms with Crippen LogP contribution in [0.15, 0.2) is 126 Å². The van der Waals surface area contributed by atoms with Crippen molar-refractivity contribution in [1.29, 1.82) is 0 Å². The maximum Gasteiger partial charge on any atom is 0.121 e. The van der Waals surface area contributed by atoms with Crippen molar-refractivity contribution in [2.45, 2.75) is 65.2 Å². The second-order valence-corrected chi connectivity index (χ2v) is 26.8. The molecule has 5 aromatic carbocycles. The quantitative estimate of drug-likeness (QED) is 0.118. The first-order valence-corrected chi connectivity index (χ1v) is 26.7. The molecule has 0 aliphatic rings. The molecule has 0 aliphatic carbocycles. The first kappa shape index (κ1) is 41.0. The van der Waals surface area contributed by atoms with Gasteiger partial charge in [0.05, 0.1) is 5.58 Å². The van der Waals surface area contributed by atoms with Gasteiger partial charge in [0.15, 0.2) is 0 Å². The summed E-state index contributed by atoms with van der Waals surface area (Å²) in [6.07, 6.45) is 5.15. The molecule has 285 valence electrons. The van der Waals surface area contributed by atoms with Crippen LogP contribution >= 0.6 is 0 Å². The summed E-state index contributed by atoms with van der Waals surface area (Å²) in [5.41, 5.74) is 16.9. The molecule has 0 aliphatic heterocycles. The molecule has 0 fully saturated rings. The Morgan fingerprint density at radius 3 is 2.16 bits per heavy atom. The van der Waals surface area contributed by atoms with Crippen molar-refractivity contribution in [3.8, 4) is 44.8 Å². The molecule has 0 bridgehead atoms. The Kier molecular flexibility index (Phi) is 12.6. The van der Waals surface area contributed by atoms with Crippen LogP contribution in [-0.2, 0) is 26.5 Å². The Hall–Kier alpha value is -4.61. The number of aromatic nitrogens is 2. The van der Waals surface area contributed by atoms with E-state index in [1.165, 1.54) is 44.5 Å². The second kappa shape index (κ2) is 17.3. The van der Waals surface area contributed by atoms with Gasteiger partial charge in [-0.2, -0.15) is 0 Å². The molecule has 0 atom stereocenters. The first-order valence-electron chi connectivity index (χ1n) is 19.3. The van der Waals surface area contributed by atoms with Gasteiger partial charge in [-0.05, 0) is 84.5 Å². The second-order valence-electron chi connectivity index (χ2n) is 16.3. The molecule has 0 saturated heterocycles. The fraction of sp³-hybridized carbons (Fsp3) is 0.216. The summed E-state index contributed by atoms with van der Waals surface area (Å²) >= 11 is -1.86. The van der Waals surface area contributed by atoms with Crippen LogP contribution in [0, 0.1) is 45.7 Å². The molecule has 3 aromatic heterocycles. The zero-order chi connectivity index (χ0) is 38.9. The third kappa shape index (κ3) is 8.84. The fourth-order valence-corrected chi connectivity index (χ4v) is 11.0. The summed E-state index contributed by atoms with van der Waals surface area (Å²) in [6, 6.07) is 44.8. The minimum Gasteiger partial charge on any atom is -0.501 e. The normalized spacial score (nSPS) is 11.4. The molecule has 8 rings (SSSR count). The number of pyridine rings is 2. The van der Waals surface area contributed by atoms with E-state index in [2.05, 4.69) is 162 Å². The van der Waals surface area contributed by atoms with E-state index in [0.717, 1.165) is 56.4 Å². The van der Waals surface area contributed by atoms with Crippen molar-refractivity contribution in [2.24, 2.45) is 5.92 Å². The standard InChI is InChI=1S/C33H26NO.C18H24GeN.Ir/c1-20-11-13-26(23(4)17-20)24-15-16-34-30(18-24)29-10-6-9-28-27-14-12-25(19-31(27)35-33(28)29)32-21(2)7-5-8-22(32)3;1-14(2)11-16-12-18(15-9-7-6-8-10-15)20-13-17(16)19(3,4)5;/h5-9,11-19H,1-4H3;6-9,12-14H,11H2,1-5H3;/q2*-1;. The molecule has 8 aromatic rings. The van der Waals surface area contributed by atoms with Crippen molar-refractivity contribution in [1.82, 2.24) is 9.97 Å². The van der Waals surface area contributed by atoms with Gasteiger partial charge >= 0.3 is 126 Å². The summed E-state index contributed by atoms with van der Waals surface area (Å²) in [7, 11) is 0. The van der Waals surface area contributed by atoms with Crippen molar-refractivity contribution >= 4 is 39.6 Å². The van der Waals surface area contributed by atoms with Gasteiger partial charge in [0, 0.05) is 31.7 Å². The van der Waals surface area contributed by atoms with Gasteiger partial charge in [0.2, 0.25) is 0 Å². The Labute approximate surface area is 349 Å². The van der Waals surface area contributed by atoms with E-state index in [1.807, 2.05) is 30.5 Å². The summed E-state index contributed by atoms with van der Waals surface area (Å²) in [6.45, 7) is 13.2. The van der Waals surface area contributed by atoms with Crippen LogP contribution in [0.3, 0.4) is 0 Å². The Morgan fingerprint density at radius 1 is 0.679 bits per heavy atom. The van der Waals surface area contributed by atoms with Crippen LogP contribution in [0.1, 0.15) is 41.7 Å². The maximum atomic E-state index is 6.49. The molecular weight excluding hydrogens is 921 g/mol. The maximum absolute atomic E-state index is 6.49. The van der Waals surface area contributed by atoms with Gasteiger partial charge in [-0.3, -0.25) is 0 Å². The number of benzene rings is 5. The molecule has 0 N–H and O–H groups in total. The van der Waals surface area contributed by atoms with Crippen molar-refractivity contribution in [3.63, 3.8) is 0 Å². The van der Waals surface area contributed by atoms with Crippen LogP contribution in [0.5, 0.6) is 0 Å². The predicted molar refractivity (Wildman–Crippen MR) is 236 cm³/mol. The SMILES string of the molecule is CC(C)Cc1cc(-c2[c-]cccc2)nc[c]1[Ge]([CH3])([CH3])[CH3].Cc1ccc(-c2ccnc(-c3[c-]ccc4c3oc3cc(-c5c(C)cccc5C)ccc34)c2)c(C)c1.[Ir]. The molecule has 3 heterocycles. The Bertz CT molecular complexity index is 2610. The number of furan rings is 1. The van der Waals surface area contributed by atoms with Crippen LogP contribution < -0.4 is 4.40 Å². The molecule has 1 radical (unpaired) electrons. The van der Waals surface area contributed by atoms with E-state index in [4.69, 9.17) is 14.4 Å². The number of rotatable bonds is 7. The van der Waals surface area contributed by atoms with E-state index in [9.17, 15) is 0 Å². The van der Waals surface area contributed by atoms with Crippen LogP contribution in [0.4, 0.5) is 0 Å². The van der Waals surface area contributed by atoms with E-state index >= 15 is 0 Å². The smallest absolute Gasteiger partial charge is 0.121 e. The number of aryl methyl sites for hydroxylation is 4. The molecule has 0 saturated carbocycles. The molecule has 0 amide bonds. The van der Waals surface area contributed by atoms with Crippen molar-refractivity contribution in [3.05, 3.63) is 162 Å². The third-order valence-electron chi connectivity index (χ3n) is 10.3. The zero-order valence-corrected chi connectivity index (χ0v) is 38.5. The average molecular weight is 972 g/mol. The predicted octanol–water partition coefficient (Wildman–Crippen LogP) is 13.3. The molecular formula is C51H50GeIrN2O-2. The fourth-order valence-electron chi connectivity index (χ4n) is 7.71. The van der Waals surface area contributed by atoms with E-state index in [1.54, 1.807) is 4.40 Å². The zero-order valence-electron chi connectivity index (χ0n) is 34.0. The van der Waals surface area contributed by atoms with Gasteiger partial charge < -0.3 is 9.40 Å². The summed E-state index contributed by atoms with van der Waals surface area (Å²) in [4.78, 5) is 9.40. The average Bonchev–Trinajstić information content (AvgIpc) is 3.53. The number of fused-ring (bicyclic) bond motifs is 3. The van der Waals surface area contributed by atoms with Crippen LogP contribution in [0.25, 0.3) is 66.7 Å². The monoisotopic (exact) mass is 973 g/mol. The number of nitrogens with zero attached hydrogens (tertiary/aromatic N) is 2. The largest absolute Gasteiger partial charge is 0.501 e. The summed E-state index contributed by atoms with van der Waals surface area (Å²) in [5.74, 6) is 7.99. The molecule has 56 heavy (non-hydrogen) atoms. The minimum atomic E-state index is -1.86. The van der Waals surface area contributed by atoms with Gasteiger partial charge in [-0.15, -0.1) is 18.2 Å². The number of hydrogen-bond acceptors (Lipinski definition) is 3. The van der Waals surface area contributed by atoms with Gasteiger partial charge in [-0.25, -0.2) is 0 Å². The molecule has 0 unspecified atom stereocenters. The van der Waals surface area contributed by atoms with Crippen molar-refractivity contribution < 1.29 is 24.5 Å². The number of hydrogen-bond donors (Lipinski definition) is 0. The van der Waals surface area contributed by atoms with Gasteiger partial charge in [-0.1, -0.05) is 71.1 Å². The van der Waals surface area contributed by atoms with Gasteiger partial charge in [0.25, 0.3) is 0 Å². The third-order valence-corrected chi connectivity index (χ3v) is 14.7. The Morgan fingerprint density at radius 2 is 1.46 bits per heavy atom. The van der Waals surface area contributed by atoms with E-state index in [0.29, 0.717) is 5.92 Å². The first-order chi connectivity index (χ1) is 26.4. The minimum absolute atomic E-state index is 0. The molecule has 0 spiro atoms. The molecule has 3 nitrogen and oxygen atoms in total. The van der Waals surface area contributed by atoms with Crippen LogP contribution in [-0.4, -0.2) is 23.2 Å². The topological polar surface area (TPSA) is 38.9 Å². The van der Waals surface area contributed by atoms with E-state index in [-0.39, 0.29) is 20.1 Å². The summed E-state index contributed by atoms with van der Waals surface area (Å²) in [5, 5.41) is 2.19. The van der Waals surface area contributed by atoms with Crippen molar-refractivity contribution in [2.75, 3.05) is 0 Å². The molecule has 5 heteroatoms. The van der Waals surface area contributed by atoms with Crippen LogP contribution in [0.2, 0.25) is 17.3 Å². The van der Waals surface area contributed by atoms with Gasteiger partial charge in [0.1, 0.15) is 5.58 Å². The summed E-state index contributed by atoms with van der Waals surface area (Å²) < 4.78 is 8.03.